The number of aryl methyl sites for hydroxylation is 1. The van der Waals surface area contributed by atoms with Crippen LogP contribution >= 0.6 is 0 Å². The summed E-state index contributed by atoms with van der Waals surface area (Å²) in [5.41, 5.74) is 0.519. The van der Waals surface area contributed by atoms with Crippen LogP contribution in [0.3, 0.4) is 0 Å². The zero-order chi connectivity index (χ0) is 10.8. The van der Waals surface area contributed by atoms with E-state index in [-0.39, 0.29) is 5.97 Å². The topological polar surface area (TPSA) is 51.5 Å². The molecule has 1 aromatic heterocycles. The number of esters is 1. The zero-order valence-corrected chi connectivity index (χ0v) is 9.00. The molecule has 1 aromatic rings. The first kappa shape index (κ1) is 10.2. The van der Waals surface area contributed by atoms with Crippen LogP contribution in [-0.4, -0.2) is 19.1 Å². The summed E-state index contributed by atoms with van der Waals surface area (Å²) in [6.07, 6.45) is 2.48. The smallest absolute Gasteiger partial charge is 0.341 e. The van der Waals surface area contributed by atoms with E-state index in [1.807, 2.05) is 0 Å². The molecule has 0 unspecified atom stereocenters. The number of methoxy groups -OCH3 is 1. The fourth-order valence-corrected chi connectivity index (χ4v) is 1.48. The first-order valence-corrected chi connectivity index (χ1v) is 5.11. The predicted molar refractivity (Wildman–Crippen MR) is 54.6 cm³/mol. The van der Waals surface area contributed by atoms with Crippen molar-refractivity contribution in [3.63, 3.8) is 0 Å². The van der Waals surface area contributed by atoms with Crippen molar-refractivity contribution >= 4 is 5.97 Å². The van der Waals surface area contributed by atoms with Gasteiger partial charge in [0.05, 0.1) is 13.7 Å². The highest BCUT2D eigenvalue weighted by molar-refractivity contribution is 5.90. The van der Waals surface area contributed by atoms with Crippen LogP contribution in [0.5, 0.6) is 0 Å². The Kier molecular flexibility index (Phi) is 2.77. The molecule has 1 heterocycles. The number of carbonyl (C=O) groups excluding carboxylic acids is 1. The second-order valence-corrected chi connectivity index (χ2v) is 3.83. The number of nitrogens with one attached hydrogen (secondary N) is 1. The largest absolute Gasteiger partial charge is 0.465 e. The molecule has 1 aliphatic carbocycles. The Morgan fingerprint density at radius 3 is 3.00 bits per heavy atom. The van der Waals surface area contributed by atoms with Crippen LogP contribution in [0.2, 0.25) is 0 Å². The van der Waals surface area contributed by atoms with Gasteiger partial charge in [-0.1, -0.05) is 0 Å². The van der Waals surface area contributed by atoms with E-state index in [0.717, 1.165) is 5.76 Å². The van der Waals surface area contributed by atoms with Gasteiger partial charge < -0.3 is 14.5 Å². The third-order valence-electron chi connectivity index (χ3n) is 2.52. The molecule has 1 N–H and O–H groups in total. The summed E-state index contributed by atoms with van der Waals surface area (Å²) in [6.45, 7) is 2.45. The van der Waals surface area contributed by atoms with Gasteiger partial charge in [-0.15, -0.1) is 0 Å². The molecule has 0 aromatic carbocycles. The molecular formula is C11H15NO3. The van der Waals surface area contributed by atoms with Crippen LogP contribution < -0.4 is 5.32 Å². The summed E-state index contributed by atoms with van der Waals surface area (Å²) in [5, 5.41) is 3.32. The lowest BCUT2D eigenvalue weighted by Crippen LogP contribution is -2.14. The standard InChI is InChI=1S/C11H15NO3/c1-7-10(11(13)14-2)5-9(15-7)6-12-8-3-4-8/h5,8,12H,3-4,6H2,1-2H3. The maximum absolute atomic E-state index is 11.3. The lowest BCUT2D eigenvalue weighted by atomic mass is 10.2. The highest BCUT2D eigenvalue weighted by Gasteiger charge is 2.21. The van der Waals surface area contributed by atoms with E-state index in [1.54, 1.807) is 13.0 Å². The average Bonchev–Trinajstić information content (AvgIpc) is 2.98. The normalized spacial score (nSPS) is 15.3. The molecule has 2 rings (SSSR count). The van der Waals surface area contributed by atoms with Gasteiger partial charge in [0, 0.05) is 6.04 Å². The maximum Gasteiger partial charge on any atom is 0.341 e. The van der Waals surface area contributed by atoms with E-state index in [2.05, 4.69) is 10.1 Å². The van der Waals surface area contributed by atoms with Gasteiger partial charge in [0.1, 0.15) is 17.1 Å². The molecule has 1 fully saturated rings. The molecule has 82 valence electrons. The van der Waals surface area contributed by atoms with Gasteiger partial charge in [0.25, 0.3) is 0 Å². The van der Waals surface area contributed by atoms with Gasteiger partial charge in [-0.3, -0.25) is 0 Å². The molecule has 1 aliphatic rings. The second-order valence-electron chi connectivity index (χ2n) is 3.83. The molecule has 0 amide bonds. The van der Waals surface area contributed by atoms with Crippen molar-refractivity contribution in [3.05, 3.63) is 23.2 Å². The SMILES string of the molecule is COC(=O)c1cc(CNC2CC2)oc1C. The first-order chi connectivity index (χ1) is 7.20. The van der Waals surface area contributed by atoms with Gasteiger partial charge >= 0.3 is 5.97 Å². The molecule has 0 saturated heterocycles. The van der Waals surface area contributed by atoms with E-state index >= 15 is 0 Å². The first-order valence-electron chi connectivity index (χ1n) is 5.11. The van der Waals surface area contributed by atoms with E-state index in [0.29, 0.717) is 23.9 Å². The molecule has 0 atom stereocenters. The van der Waals surface area contributed by atoms with Gasteiger partial charge in [-0.25, -0.2) is 4.79 Å². The number of ether oxygens (including phenoxy) is 1. The monoisotopic (exact) mass is 209 g/mol. The van der Waals surface area contributed by atoms with E-state index in [1.165, 1.54) is 20.0 Å². The minimum Gasteiger partial charge on any atom is -0.465 e. The highest BCUT2D eigenvalue weighted by Crippen LogP contribution is 2.21. The highest BCUT2D eigenvalue weighted by atomic mass is 16.5. The van der Waals surface area contributed by atoms with Crippen LogP contribution in [0.15, 0.2) is 10.5 Å². The van der Waals surface area contributed by atoms with Crippen molar-refractivity contribution in [1.82, 2.24) is 5.32 Å². The second kappa shape index (κ2) is 4.06. The van der Waals surface area contributed by atoms with Gasteiger partial charge in [0.15, 0.2) is 0 Å². The summed E-state index contributed by atoms with van der Waals surface area (Å²) in [4.78, 5) is 11.3. The molecule has 4 heteroatoms. The van der Waals surface area contributed by atoms with Crippen molar-refractivity contribution in [3.8, 4) is 0 Å². The fourth-order valence-electron chi connectivity index (χ4n) is 1.48. The number of rotatable bonds is 4. The third-order valence-corrected chi connectivity index (χ3v) is 2.52. The third kappa shape index (κ3) is 2.39. The van der Waals surface area contributed by atoms with Crippen molar-refractivity contribution in [2.75, 3.05) is 7.11 Å². The van der Waals surface area contributed by atoms with E-state index in [4.69, 9.17) is 4.42 Å². The summed E-state index contributed by atoms with van der Waals surface area (Å²) < 4.78 is 10.1. The molecule has 0 aliphatic heterocycles. The van der Waals surface area contributed by atoms with Crippen LogP contribution in [0.25, 0.3) is 0 Å². The molecular weight excluding hydrogens is 194 g/mol. The van der Waals surface area contributed by atoms with Crippen LogP contribution in [0.4, 0.5) is 0 Å². The molecule has 0 radical (unpaired) electrons. The Morgan fingerprint density at radius 1 is 1.67 bits per heavy atom. The zero-order valence-electron chi connectivity index (χ0n) is 9.00. The van der Waals surface area contributed by atoms with Crippen LogP contribution in [0.1, 0.15) is 34.7 Å². The Labute approximate surface area is 88.6 Å². The molecule has 1 saturated carbocycles. The molecule has 15 heavy (non-hydrogen) atoms. The van der Waals surface area contributed by atoms with Crippen molar-refractivity contribution < 1.29 is 13.9 Å². The lowest BCUT2D eigenvalue weighted by molar-refractivity contribution is 0.0599. The van der Waals surface area contributed by atoms with Gasteiger partial charge in [-0.2, -0.15) is 0 Å². The summed E-state index contributed by atoms with van der Waals surface area (Å²) >= 11 is 0. The minimum atomic E-state index is -0.339. The number of hydrogen-bond donors (Lipinski definition) is 1. The quantitative estimate of drug-likeness (QED) is 0.766. The lowest BCUT2D eigenvalue weighted by Gasteiger charge is -1.97. The Hall–Kier alpha value is -1.29. The predicted octanol–water partition coefficient (Wildman–Crippen LogP) is 1.63. The Bertz CT molecular complexity index is 366. The van der Waals surface area contributed by atoms with Crippen molar-refractivity contribution in [2.45, 2.75) is 32.4 Å². The van der Waals surface area contributed by atoms with Gasteiger partial charge in [0.2, 0.25) is 0 Å². The minimum absolute atomic E-state index is 0.339. The van der Waals surface area contributed by atoms with E-state index < -0.39 is 0 Å². The van der Waals surface area contributed by atoms with Crippen molar-refractivity contribution in [2.24, 2.45) is 0 Å². The van der Waals surface area contributed by atoms with Crippen LogP contribution in [-0.2, 0) is 11.3 Å². The molecule has 0 bridgehead atoms. The fraction of sp³-hybridized carbons (Fsp3) is 0.545. The Morgan fingerprint density at radius 2 is 2.40 bits per heavy atom. The average molecular weight is 209 g/mol. The number of carbonyl (C=O) groups is 1. The molecule has 4 nitrogen and oxygen atoms in total. The summed E-state index contributed by atoms with van der Waals surface area (Å²) in [5.74, 6) is 1.07. The maximum atomic E-state index is 11.3. The summed E-state index contributed by atoms with van der Waals surface area (Å²) in [7, 11) is 1.37. The molecule has 0 spiro atoms. The van der Waals surface area contributed by atoms with E-state index in [9.17, 15) is 4.79 Å². The van der Waals surface area contributed by atoms with Gasteiger partial charge in [-0.05, 0) is 25.8 Å². The number of furan rings is 1. The van der Waals surface area contributed by atoms with Crippen LogP contribution in [0, 0.1) is 6.92 Å². The van der Waals surface area contributed by atoms with Crippen molar-refractivity contribution in [1.29, 1.82) is 0 Å². The summed E-state index contributed by atoms with van der Waals surface area (Å²) in [6, 6.07) is 2.38. The Balaban J connectivity index is 2.02. The number of hydrogen-bond acceptors (Lipinski definition) is 4.